The van der Waals surface area contributed by atoms with Gasteiger partial charge in [0, 0.05) is 17.1 Å². The topological polar surface area (TPSA) is 47.6 Å². The summed E-state index contributed by atoms with van der Waals surface area (Å²) in [5, 5.41) is 3.57. The van der Waals surface area contributed by atoms with Crippen molar-refractivity contribution >= 4 is 29.2 Å². The van der Waals surface area contributed by atoms with Gasteiger partial charge in [-0.1, -0.05) is 66.2 Å². The van der Waals surface area contributed by atoms with Crippen molar-refractivity contribution in [2.45, 2.75) is 6.54 Å². The number of hydrogen-bond donors (Lipinski definition) is 1. The van der Waals surface area contributed by atoms with Gasteiger partial charge >= 0.3 is 0 Å². The average molecular weight is 408 g/mol. The molecule has 3 aromatic rings. The molecule has 1 N–H and O–H groups in total. The molecule has 0 aromatic heterocycles. The number of amides is 1. The lowest BCUT2D eigenvalue weighted by Crippen LogP contribution is -2.23. The van der Waals surface area contributed by atoms with Crippen LogP contribution in [0.2, 0.25) is 5.02 Å². The molecule has 0 bridgehead atoms. The minimum atomic E-state index is -0.189. The van der Waals surface area contributed by atoms with Crippen LogP contribution in [0.5, 0.6) is 11.5 Å². The molecule has 4 nitrogen and oxygen atoms in total. The summed E-state index contributed by atoms with van der Waals surface area (Å²) in [6.07, 6.45) is 1.81. The maximum atomic E-state index is 13.0. The summed E-state index contributed by atoms with van der Waals surface area (Å²) in [5.74, 6) is 1.08. The fraction of sp³-hybridized carbons (Fsp3) is 0.125. The Labute approximate surface area is 175 Å². The minimum Gasteiger partial charge on any atom is -0.493 e. The van der Waals surface area contributed by atoms with Crippen molar-refractivity contribution in [3.63, 3.8) is 0 Å². The van der Waals surface area contributed by atoms with E-state index in [-0.39, 0.29) is 5.91 Å². The normalized spacial score (nSPS) is 11.1. The summed E-state index contributed by atoms with van der Waals surface area (Å²) in [6, 6.07) is 22.5. The molecule has 3 rings (SSSR count). The molecule has 0 radical (unpaired) electrons. The van der Waals surface area contributed by atoms with Gasteiger partial charge < -0.3 is 14.8 Å². The summed E-state index contributed by atoms with van der Waals surface area (Å²) < 4.78 is 10.6. The Kier molecular flexibility index (Phi) is 6.93. The highest BCUT2D eigenvalue weighted by atomic mass is 35.5. The SMILES string of the molecule is COc1ccc(CNC(=O)/C(=C/c2ccccc2Cl)c2ccccc2)cc1OC. The molecule has 0 heterocycles. The molecule has 0 aliphatic carbocycles. The Bertz CT molecular complexity index is 1020. The lowest BCUT2D eigenvalue weighted by atomic mass is 10.0. The fourth-order valence-electron chi connectivity index (χ4n) is 2.91. The Morgan fingerprint density at radius 1 is 0.931 bits per heavy atom. The van der Waals surface area contributed by atoms with Crippen LogP contribution in [-0.2, 0) is 11.3 Å². The van der Waals surface area contributed by atoms with E-state index in [0.717, 1.165) is 16.7 Å². The molecule has 0 saturated heterocycles. The predicted molar refractivity (Wildman–Crippen MR) is 117 cm³/mol. The number of halogens is 1. The fourth-order valence-corrected chi connectivity index (χ4v) is 3.10. The molecule has 0 aliphatic heterocycles. The first-order valence-corrected chi connectivity index (χ1v) is 9.51. The molecule has 0 spiro atoms. The molecule has 3 aromatic carbocycles. The maximum absolute atomic E-state index is 13.0. The second kappa shape index (κ2) is 9.80. The smallest absolute Gasteiger partial charge is 0.252 e. The molecule has 0 aliphatic rings. The van der Waals surface area contributed by atoms with E-state index < -0.39 is 0 Å². The molecule has 0 fully saturated rings. The van der Waals surface area contributed by atoms with Gasteiger partial charge in [0.15, 0.2) is 11.5 Å². The molecule has 0 unspecified atom stereocenters. The second-order valence-electron chi connectivity index (χ2n) is 6.32. The first-order chi connectivity index (χ1) is 14.1. The number of methoxy groups -OCH3 is 2. The van der Waals surface area contributed by atoms with Crippen LogP contribution < -0.4 is 14.8 Å². The minimum absolute atomic E-state index is 0.189. The monoisotopic (exact) mass is 407 g/mol. The number of carbonyl (C=O) groups is 1. The van der Waals surface area contributed by atoms with Crippen LogP contribution in [0.3, 0.4) is 0 Å². The Morgan fingerprint density at radius 3 is 2.31 bits per heavy atom. The summed E-state index contributed by atoms with van der Waals surface area (Å²) in [5.41, 5.74) is 3.05. The molecule has 0 saturated carbocycles. The number of hydrogen-bond acceptors (Lipinski definition) is 3. The number of rotatable bonds is 7. The van der Waals surface area contributed by atoms with Crippen LogP contribution in [0.4, 0.5) is 0 Å². The van der Waals surface area contributed by atoms with Gasteiger partial charge in [0.25, 0.3) is 5.91 Å². The first-order valence-electron chi connectivity index (χ1n) is 9.13. The molecule has 29 heavy (non-hydrogen) atoms. The number of ether oxygens (including phenoxy) is 2. The van der Waals surface area contributed by atoms with E-state index >= 15 is 0 Å². The van der Waals surface area contributed by atoms with Crippen molar-refractivity contribution in [3.05, 3.63) is 94.5 Å². The van der Waals surface area contributed by atoms with Gasteiger partial charge in [-0.25, -0.2) is 0 Å². The third-order valence-electron chi connectivity index (χ3n) is 4.44. The Balaban J connectivity index is 1.85. The highest BCUT2D eigenvalue weighted by Crippen LogP contribution is 2.28. The lowest BCUT2D eigenvalue weighted by Gasteiger charge is -2.12. The van der Waals surface area contributed by atoms with Crippen molar-refractivity contribution in [2.75, 3.05) is 14.2 Å². The number of carbonyl (C=O) groups excluding carboxylic acids is 1. The first kappa shape index (κ1) is 20.5. The van der Waals surface area contributed by atoms with Crippen LogP contribution in [0.1, 0.15) is 16.7 Å². The Morgan fingerprint density at radius 2 is 1.62 bits per heavy atom. The number of benzene rings is 3. The van der Waals surface area contributed by atoms with E-state index in [1.54, 1.807) is 20.3 Å². The van der Waals surface area contributed by atoms with E-state index in [4.69, 9.17) is 21.1 Å². The molecule has 1 amide bonds. The second-order valence-corrected chi connectivity index (χ2v) is 6.72. The van der Waals surface area contributed by atoms with Gasteiger partial charge in [-0.2, -0.15) is 0 Å². The zero-order chi connectivity index (χ0) is 20.6. The van der Waals surface area contributed by atoms with Gasteiger partial charge in [0.2, 0.25) is 0 Å². The molecular weight excluding hydrogens is 386 g/mol. The van der Waals surface area contributed by atoms with Gasteiger partial charge in [-0.15, -0.1) is 0 Å². The van der Waals surface area contributed by atoms with Crippen LogP contribution in [0.25, 0.3) is 11.6 Å². The van der Waals surface area contributed by atoms with E-state index in [2.05, 4.69) is 5.32 Å². The third kappa shape index (κ3) is 5.18. The van der Waals surface area contributed by atoms with Gasteiger partial charge in [0.1, 0.15) is 0 Å². The van der Waals surface area contributed by atoms with E-state index in [1.165, 1.54) is 0 Å². The van der Waals surface area contributed by atoms with Crippen LogP contribution >= 0.6 is 11.6 Å². The van der Waals surface area contributed by atoms with Gasteiger partial charge in [0.05, 0.1) is 14.2 Å². The van der Waals surface area contributed by atoms with E-state index in [1.807, 2.05) is 72.8 Å². The summed E-state index contributed by atoms with van der Waals surface area (Å²) in [6.45, 7) is 0.353. The highest BCUT2D eigenvalue weighted by Gasteiger charge is 2.13. The molecule has 148 valence electrons. The Hall–Kier alpha value is -3.24. The largest absolute Gasteiger partial charge is 0.493 e. The quantitative estimate of drug-likeness (QED) is 0.431. The highest BCUT2D eigenvalue weighted by molar-refractivity contribution is 6.33. The molecular formula is C24H22ClNO3. The zero-order valence-electron chi connectivity index (χ0n) is 16.3. The average Bonchev–Trinajstić information content (AvgIpc) is 2.77. The predicted octanol–water partition coefficient (Wildman–Crippen LogP) is 5.21. The summed E-state index contributed by atoms with van der Waals surface area (Å²) >= 11 is 6.29. The van der Waals surface area contributed by atoms with E-state index in [9.17, 15) is 4.79 Å². The summed E-state index contributed by atoms with van der Waals surface area (Å²) in [7, 11) is 3.17. The van der Waals surface area contributed by atoms with Crippen LogP contribution in [0.15, 0.2) is 72.8 Å². The maximum Gasteiger partial charge on any atom is 0.252 e. The van der Waals surface area contributed by atoms with Crippen LogP contribution in [0, 0.1) is 0 Å². The molecule has 0 atom stereocenters. The standard InChI is InChI=1S/C24H22ClNO3/c1-28-22-13-12-17(14-23(22)29-2)16-26-24(27)20(18-8-4-3-5-9-18)15-19-10-6-7-11-21(19)25/h3-15H,16H2,1-2H3,(H,26,27)/b20-15+. The van der Waals surface area contributed by atoms with E-state index in [0.29, 0.717) is 28.6 Å². The number of nitrogens with one attached hydrogen (secondary N) is 1. The van der Waals surface area contributed by atoms with Crippen molar-refractivity contribution < 1.29 is 14.3 Å². The van der Waals surface area contributed by atoms with Crippen molar-refractivity contribution in [1.29, 1.82) is 0 Å². The van der Waals surface area contributed by atoms with Gasteiger partial charge in [-0.3, -0.25) is 4.79 Å². The molecule has 5 heteroatoms. The summed E-state index contributed by atoms with van der Waals surface area (Å²) in [4.78, 5) is 13.0. The van der Waals surface area contributed by atoms with Crippen molar-refractivity contribution in [2.24, 2.45) is 0 Å². The third-order valence-corrected chi connectivity index (χ3v) is 4.78. The van der Waals surface area contributed by atoms with Crippen molar-refractivity contribution in [3.8, 4) is 11.5 Å². The van der Waals surface area contributed by atoms with Crippen LogP contribution in [-0.4, -0.2) is 20.1 Å². The lowest BCUT2D eigenvalue weighted by molar-refractivity contribution is -0.115. The van der Waals surface area contributed by atoms with Crippen molar-refractivity contribution in [1.82, 2.24) is 5.32 Å². The van der Waals surface area contributed by atoms with Gasteiger partial charge in [-0.05, 0) is 41.0 Å². The zero-order valence-corrected chi connectivity index (χ0v) is 17.1.